The van der Waals surface area contributed by atoms with Gasteiger partial charge in [0.25, 0.3) is 0 Å². The average molecular weight is 1100 g/mol. The van der Waals surface area contributed by atoms with Gasteiger partial charge in [0.15, 0.2) is 0 Å². The third kappa shape index (κ3) is 6.26. The summed E-state index contributed by atoms with van der Waals surface area (Å²) in [4.78, 5) is 5.85. The van der Waals surface area contributed by atoms with Gasteiger partial charge >= 0.3 is 0 Å². The monoisotopic (exact) mass is 1100 g/mol. The molecule has 7 heterocycles. The van der Waals surface area contributed by atoms with E-state index in [9.17, 15) is 0 Å². The van der Waals surface area contributed by atoms with Crippen molar-refractivity contribution in [2.45, 2.75) is 52.4 Å². The summed E-state index contributed by atoms with van der Waals surface area (Å²) < 4.78 is 10.0. The van der Waals surface area contributed by atoms with E-state index < -0.39 is 0 Å². The molecule has 0 saturated heterocycles. The summed E-state index contributed by atoms with van der Waals surface area (Å²) in [5, 5.41) is 20.0. The molecule has 0 aliphatic carbocycles. The molecule has 0 radical (unpaired) electrons. The predicted octanol–water partition coefficient (Wildman–Crippen LogP) is 21.8. The Hall–Kier alpha value is -10.5. The molecule has 406 valence electrons. The highest BCUT2D eigenvalue weighted by Crippen LogP contribution is 2.53. The second kappa shape index (κ2) is 16.6. The van der Waals surface area contributed by atoms with Crippen LogP contribution in [-0.4, -0.2) is 22.9 Å². The Bertz CT molecular complexity index is 6130. The third-order valence-electron chi connectivity index (χ3n) is 19.5. The van der Waals surface area contributed by atoms with Gasteiger partial charge in [-0.2, -0.15) is 0 Å². The first kappa shape index (κ1) is 47.9. The molecule has 7 aromatic heterocycles. The maximum absolute atomic E-state index is 5.85. The number of benzene rings is 12. The zero-order chi connectivity index (χ0) is 57.2. The number of pyridine rings is 1. The van der Waals surface area contributed by atoms with Crippen molar-refractivity contribution >= 4 is 141 Å². The van der Waals surface area contributed by atoms with Crippen LogP contribution in [0.25, 0.3) is 175 Å². The highest BCUT2D eigenvalue weighted by Gasteiger charge is 2.32. The van der Waals surface area contributed by atoms with Crippen LogP contribution in [0.3, 0.4) is 0 Å². The van der Waals surface area contributed by atoms with Gasteiger partial charge < -0.3 is 13.5 Å². The minimum atomic E-state index is -0.144. The topological polar surface area (TPSA) is 31.6 Å². The van der Waals surface area contributed by atoms with E-state index in [0.29, 0.717) is 0 Å². The Labute approximate surface area is 495 Å². The van der Waals surface area contributed by atoms with Crippen molar-refractivity contribution in [1.82, 2.24) is 22.9 Å². The van der Waals surface area contributed by atoms with E-state index in [-0.39, 0.29) is 10.8 Å². The molecule has 5 nitrogen and oxygen atoms in total. The Balaban J connectivity index is 0.967. The molecule has 0 fully saturated rings. The van der Waals surface area contributed by atoms with Gasteiger partial charge in [-0.25, -0.2) is 4.98 Å². The molecule has 0 spiro atoms. The number of rotatable bonds is 4. The molecule has 0 unspecified atom stereocenters. The van der Waals surface area contributed by atoms with Crippen LogP contribution in [0.4, 0.5) is 0 Å². The SMILES string of the molecule is CC(C)(C)c1cc(-c2ccc3c(c2)c2ccccc2n3-c2ccccc2)c2c(c1)c1c3ccccc3cc3c4c5c6cc(C(C)(C)C)cc7c8c9ccccc9cc(-c9ccc%10c(c9)c9ccccc9n%10-c9ccccc9)c8n(c5cnc4n2c31)c67. The highest BCUT2D eigenvalue weighted by molar-refractivity contribution is 6.40. The van der Waals surface area contributed by atoms with Crippen molar-refractivity contribution in [2.75, 3.05) is 0 Å². The predicted molar refractivity (Wildman–Crippen MR) is 366 cm³/mol. The van der Waals surface area contributed by atoms with Crippen molar-refractivity contribution in [2.24, 2.45) is 0 Å². The second-order valence-electron chi connectivity index (χ2n) is 26.3. The summed E-state index contributed by atoms with van der Waals surface area (Å²) >= 11 is 0. The second-order valence-corrected chi connectivity index (χ2v) is 26.3. The smallest absolute Gasteiger partial charge is 0.146 e. The maximum Gasteiger partial charge on any atom is 0.146 e. The lowest BCUT2D eigenvalue weighted by molar-refractivity contribution is 0.591. The minimum Gasteiger partial charge on any atom is -0.309 e. The van der Waals surface area contributed by atoms with Crippen molar-refractivity contribution in [3.63, 3.8) is 0 Å². The maximum atomic E-state index is 5.85. The van der Waals surface area contributed by atoms with Crippen molar-refractivity contribution in [1.29, 1.82) is 0 Å². The normalized spacial score (nSPS) is 13.0. The standard InChI is InChI=1S/C81H57N5/c1-80(2,3)50-41-59(49-34-36-69-61(39-49)57-30-18-20-32-67(57)84(69)53-25-11-8-12-26-53)75-63(42-50)72-55-28-16-14-22-47(55)40-62-74-73-65-44-51(81(4,5)6)43-64-71-54-27-15-13-21-46(54)37-58(77(71)85(76(64)65)70(73)45-82-79(74)86(75)78(62)72)48-33-35-68-60(38-48)56-29-17-19-31-66(56)83(68)52-23-9-7-10-24-52/h7-45H,1-6H3. The summed E-state index contributed by atoms with van der Waals surface area (Å²) in [7, 11) is 0. The van der Waals surface area contributed by atoms with Gasteiger partial charge in [-0.3, -0.25) is 4.40 Å². The quantitative estimate of drug-likeness (QED) is 0.173. The Kier molecular flexibility index (Phi) is 9.28. The molecule has 0 atom stereocenters. The largest absolute Gasteiger partial charge is 0.309 e. The summed E-state index contributed by atoms with van der Waals surface area (Å²) in [6.07, 6.45) is 2.22. The van der Waals surface area contributed by atoms with Crippen molar-refractivity contribution in [3.05, 3.63) is 248 Å². The van der Waals surface area contributed by atoms with Crippen LogP contribution < -0.4 is 0 Å². The van der Waals surface area contributed by atoms with Gasteiger partial charge in [-0.15, -0.1) is 0 Å². The molecule has 0 amide bonds. The van der Waals surface area contributed by atoms with Crippen LogP contribution in [0.1, 0.15) is 52.7 Å². The van der Waals surface area contributed by atoms with Crippen molar-refractivity contribution < 1.29 is 0 Å². The van der Waals surface area contributed by atoms with Crippen LogP contribution in [0.15, 0.2) is 237 Å². The van der Waals surface area contributed by atoms with Gasteiger partial charge in [0.1, 0.15) is 5.65 Å². The molecule has 0 aliphatic rings. The van der Waals surface area contributed by atoms with E-state index in [1.54, 1.807) is 0 Å². The number of para-hydroxylation sites is 4. The summed E-state index contributed by atoms with van der Waals surface area (Å²) in [5.74, 6) is 0. The minimum absolute atomic E-state index is 0.129. The molecule has 0 bridgehead atoms. The van der Waals surface area contributed by atoms with Gasteiger partial charge in [0.05, 0.1) is 55.8 Å². The lowest BCUT2D eigenvalue weighted by Gasteiger charge is -2.21. The van der Waals surface area contributed by atoms with Crippen LogP contribution in [0.2, 0.25) is 0 Å². The summed E-state index contributed by atoms with van der Waals surface area (Å²) in [5.41, 5.74) is 21.2. The Morgan fingerprint density at radius 1 is 0.291 bits per heavy atom. The van der Waals surface area contributed by atoms with Gasteiger partial charge in [0.2, 0.25) is 0 Å². The molecular weight excluding hydrogens is 1040 g/mol. The number of nitrogens with zero attached hydrogens (tertiary/aromatic N) is 5. The zero-order valence-corrected chi connectivity index (χ0v) is 48.8. The van der Waals surface area contributed by atoms with Gasteiger partial charge in [-0.1, -0.05) is 175 Å². The number of hydrogen-bond acceptors (Lipinski definition) is 1. The van der Waals surface area contributed by atoms with E-state index in [4.69, 9.17) is 4.98 Å². The highest BCUT2D eigenvalue weighted by atomic mass is 15.0. The molecule has 12 aromatic carbocycles. The fourth-order valence-corrected chi connectivity index (χ4v) is 15.5. The van der Waals surface area contributed by atoms with E-state index in [1.807, 2.05) is 0 Å². The number of fused-ring (bicyclic) bond motifs is 23. The molecule has 19 rings (SSSR count). The molecular formula is C81H57N5. The molecule has 19 aromatic rings. The fraction of sp³-hybridized carbons (Fsp3) is 0.0988. The van der Waals surface area contributed by atoms with E-state index >= 15 is 0 Å². The molecule has 0 saturated carbocycles. The first-order chi connectivity index (χ1) is 42.0. The molecule has 86 heavy (non-hydrogen) atoms. The molecule has 0 N–H and O–H groups in total. The molecule has 5 heteroatoms. The first-order valence-electron chi connectivity index (χ1n) is 30.3. The lowest BCUT2D eigenvalue weighted by atomic mass is 9.83. The van der Waals surface area contributed by atoms with Crippen LogP contribution in [0.5, 0.6) is 0 Å². The third-order valence-corrected chi connectivity index (χ3v) is 19.5. The van der Waals surface area contributed by atoms with Crippen LogP contribution in [0, 0.1) is 0 Å². The summed E-state index contributed by atoms with van der Waals surface area (Å²) in [6, 6.07) is 86.7. The number of aromatic nitrogens is 5. The summed E-state index contributed by atoms with van der Waals surface area (Å²) in [6.45, 7) is 14.2. The Morgan fingerprint density at radius 3 is 1.30 bits per heavy atom. The van der Waals surface area contributed by atoms with Gasteiger partial charge in [-0.05, 0) is 152 Å². The van der Waals surface area contributed by atoms with E-state index in [1.165, 1.54) is 164 Å². The lowest BCUT2D eigenvalue weighted by Crippen LogP contribution is -2.11. The van der Waals surface area contributed by atoms with Crippen LogP contribution in [-0.2, 0) is 10.8 Å². The molecule has 0 aliphatic heterocycles. The van der Waals surface area contributed by atoms with E-state index in [2.05, 4.69) is 296 Å². The van der Waals surface area contributed by atoms with Crippen LogP contribution >= 0.6 is 0 Å². The average Bonchev–Trinajstić information content (AvgIpc) is 1.73. The number of hydrogen-bond donors (Lipinski definition) is 0. The fourth-order valence-electron chi connectivity index (χ4n) is 15.5. The Morgan fingerprint density at radius 2 is 0.733 bits per heavy atom. The first-order valence-corrected chi connectivity index (χ1v) is 30.3. The zero-order valence-electron chi connectivity index (χ0n) is 48.8. The van der Waals surface area contributed by atoms with Gasteiger partial charge in [0, 0.05) is 87.1 Å². The van der Waals surface area contributed by atoms with E-state index in [0.717, 1.165) is 22.5 Å². The van der Waals surface area contributed by atoms with Crippen molar-refractivity contribution in [3.8, 4) is 33.6 Å².